The van der Waals surface area contributed by atoms with Crippen molar-refractivity contribution in [2.24, 2.45) is 0 Å². The minimum Gasteiger partial charge on any atom is -0.340 e. The normalized spacial score (nSPS) is 19.1. The smallest absolute Gasteiger partial charge is 0.242 e. The monoisotopic (exact) mass is 348 g/mol. The maximum Gasteiger partial charge on any atom is 0.242 e. The predicted octanol–water partition coefficient (Wildman–Crippen LogP) is 2.46. The van der Waals surface area contributed by atoms with Crippen LogP contribution in [-0.4, -0.2) is 46.9 Å². The number of likely N-dealkylation sites (tertiary alicyclic amines) is 1. The molecule has 1 aromatic heterocycles. The molecule has 0 radical (unpaired) electrons. The van der Waals surface area contributed by atoms with E-state index in [1.165, 1.54) is 0 Å². The largest absolute Gasteiger partial charge is 0.340 e. The van der Waals surface area contributed by atoms with Crippen molar-refractivity contribution in [3.05, 3.63) is 36.5 Å². The summed E-state index contributed by atoms with van der Waals surface area (Å²) in [7, 11) is -3.24. The highest BCUT2D eigenvalue weighted by atomic mass is 32.2. The van der Waals surface area contributed by atoms with Gasteiger partial charge in [-0.1, -0.05) is 18.2 Å². The van der Waals surface area contributed by atoms with E-state index < -0.39 is 19.8 Å². The van der Waals surface area contributed by atoms with Crippen molar-refractivity contribution in [2.75, 3.05) is 13.1 Å². The Morgan fingerprint density at radius 2 is 1.92 bits per heavy atom. The molecule has 0 saturated carbocycles. The topological polar surface area (TPSA) is 59.4 Å². The van der Waals surface area contributed by atoms with E-state index in [1.807, 2.05) is 41.1 Å². The second-order valence-electron chi connectivity index (χ2n) is 7.41. The number of carbonyl (C=O) groups is 1. The molecule has 0 bridgehead atoms. The molecule has 0 spiro atoms. The van der Waals surface area contributed by atoms with Crippen molar-refractivity contribution in [3.8, 4) is 0 Å². The van der Waals surface area contributed by atoms with Crippen molar-refractivity contribution in [3.63, 3.8) is 0 Å². The van der Waals surface area contributed by atoms with Crippen LogP contribution < -0.4 is 0 Å². The van der Waals surface area contributed by atoms with E-state index in [-0.39, 0.29) is 12.5 Å². The van der Waals surface area contributed by atoms with Gasteiger partial charge in [0.15, 0.2) is 9.84 Å². The van der Waals surface area contributed by atoms with Gasteiger partial charge in [0.05, 0.1) is 10.00 Å². The number of carbonyl (C=O) groups excluding carboxylic acids is 1. The summed E-state index contributed by atoms with van der Waals surface area (Å²) in [4.78, 5) is 14.3. The van der Waals surface area contributed by atoms with Crippen molar-refractivity contribution in [2.45, 2.75) is 43.7 Å². The van der Waals surface area contributed by atoms with Crippen LogP contribution in [0.1, 0.15) is 27.2 Å². The molecule has 1 fully saturated rings. The Bertz CT molecular complexity index is 862. The van der Waals surface area contributed by atoms with Crippen LogP contribution >= 0.6 is 0 Å². The summed E-state index contributed by atoms with van der Waals surface area (Å²) in [5.41, 5.74) is 1.02. The van der Waals surface area contributed by atoms with Crippen LogP contribution in [0.2, 0.25) is 0 Å². The lowest BCUT2D eigenvalue weighted by Crippen LogP contribution is -2.40. The number of nitrogens with zero attached hydrogens (tertiary/aromatic N) is 2. The van der Waals surface area contributed by atoms with Crippen LogP contribution in [0.25, 0.3) is 10.9 Å². The van der Waals surface area contributed by atoms with Crippen molar-refractivity contribution >= 4 is 26.6 Å². The van der Waals surface area contributed by atoms with E-state index in [9.17, 15) is 13.2 Å². The van der Waals surface area contributed by atoms with Crippen LogP contribution in [0.15, 0.2) is 36.5 Å². The fourth-order valence-corrected chi connectivity index (χ4v) is 5.02. The molecule has 1 aliphatic heterocycles. The molecule has 1 saturated heterocycles. The molecule has 6 heteroatoms. The Balaban J connectivity index is 1.71. The van der Waals surface area contributed by atoms with E-state index in [4.69, 9.17) is 0 Å². The first kappa shape index (κ1) is 17.0. The zero-order valence-corrected chi connectivity index (χ0v) is 15.2. The molecule has 0 unspecified atom stereocenters. The van der Waals surface area contributed by atoms with Crippen LogP contribution in [0.4, 0.5) is 0 Å². The molecule has 2 aromatic rings. The predicted molar refractivity (Wildman–Crippen MR) is 95.6 cm³/mol. The molecular weight excluding hydrogens is 324 g/mol. The Morgan fingerprint density at radius 3 is 2.62 bits per heavy atom. The lowest BCUT2D eigenvalue weighted by Gasteiger charge is -2.24. The molecule has 130 valence electrons. The van der Waals surface area contributed by atoms with Gasteiger partial charge in [-0.3, -0.25) is 4.79 Å². The highest BCUT2D eigenvalue weighted by Gasteiger charge is 2.41. The molecule has 3 rings (SSSR count). The average molecular weight is 348 g/mol. The highest BCUT2D eigenvalue weighted by Crippen LogP contribution is 2.27. The second kappa shape index (κ2) is 5.92. The number of benzene rings is 1. The number of sulfone groups is 1. The van der Waals surface area contributed by atoms with Crippen LogP contribution in [0.5, 0.6) is 0 Å². The standard InChI is InChI=1S/C18H24N2O3S/c1-18(2,3)24(22,23)15-9-11-20(12-15)17(21)13-19-10-8-14-6-4-5-7-16(14)19/h4-8,10,15H,9,11-13H2,1-3H3/t15-/m0/s1. The summed E-state index contributed by atoms with van der Waals surface area (Å²) in [6.45, 7) is 6.22. The number of fused-ring (bicyclic) bond motifs is 1. The minimum absolute atomic E-state index is 0.0250. The fraction of sp³-hybridized carbons (Fsp3) is 0.500. The van der Waals surface area contributed by atoms with Gasteiger partial charge in [0.1, 0.15) is 6.54 Å². The van der Waals surface area contributed by atoms with Gasteiger partial charge in [-0.2, -0.15) is 0 Å². The summed E-state index contributed by atoms with van der Waals surface area (Å²) < 4.78 is 26.3. The van der Waals surface area contributed by atoms with Gasteiger partial charge in [-0.05, 0) is 44.7 Å². The highest BCUT2D eigenvalue weighted by molar-refractivity contribution is 7.93. The molecule has 5 nitrogen and oxygen atoms in total. The lowest BCUT2D eigenvalue weighted by molar-refractivity contribution is -0.130. The van der Waals surface area contributed by atoms with Gasteiger partial charge < -0.3 is 9.47 Å². The molecular formula is C18H24N2O3S. The third-order valence-electron chi connectivity index (χ3n) is 4.78. The molecule has 0 aliphatic carbocycles. The Hall–Kier alpha value is -1.82. The van der Waals surface area contributed by atoms with E-state index in [2.05, 4.69) is 0 Å². The summed E-state index contributed by atoms with van der Waals surface area (Å²) in [5.74, 6) is -0.0250. The summed E-state index contributed by atoms with van der Waals surface area (Å²) in [6.07, 6.45) is 2.43. The Kier molecular flexibility index (Phi) is 4.20. The summed E-state index contributed by atoms with van der Waals surface area (Å²) in [5, 5.41) is 0.641. The van der Waals surface area contributed by atoms with E-state index in [0.29, 0.717) is 19.5 Å². The lowest BCUT2D eigenvalue weighted by atomic mass is 10.2. The van der Waals surface area contributed by atoms with Gasteiger partial charge in [-0.25, -0.2) is 8.42 Å². The van der Waals surface area contributed by atoms with Gasteiger partial charge in [0.2, 0.25) is 5.91 Å². The first-order chi connectivity index (χ1) is 11.2. The van der Waals surface area contributed by atoms with Crippen molar-refractivity contribution in [1.82, 2.24) is 9.47 Å². The maximum atomic E-state index is 12.6. The molecule has 1 aromatic carbocycles. The quantitative estimate of drug-likeness (QED) is 0.856. The van der Waals surface area contributed by atoms with E-state index in [1.54, 1.807) is 25.7 Å². The molecule has 1 atom stereocenters. The SMILES string of the molecule is CC(C)(C)S(=O)(=O)[C@H]1CCN(C(=O)Cn2ccc3ccccc32)C1. The third kappa shape index (κ3) is 2.95. The molecule has 1 amide bonds. The number of hydrogen-bond donors (Lipinski definition) is 0. The Morgan fingerprint density at radius 1 is 1.21 bits per heavy atom. The summed E-state index contributed by atoms with van der Waals surface area (Å²) >= 11 is 0. The van der Waals surface area contributed by atoms with Crippen molar-refractivity contribution in [1.29, 1.82) is 0 Å². The van der Waals surface area contributed by atoms with Gasteiger partial charge in [0.25, 0.3) is 0 Å². The number of hydrogen-bond acceptors (Lipinski definition) is 3. The maximum absolute atomic E-state index is 12.6. The van der Waals surface area contributed by atoms with Crippen molar-refractivity contribution < 1.29 is 13.2 Å². The number of rotatable bonds is 3. The van der Waals surface area contributed by atoms with Crippen LogP contribution in [0.3, 0.4) is 0 Å². The summed E-state index contributed by atoms with van der Waals surface area (Å²) in [6, 6.07) is 9.90. The van der Waals surface area contributed by atoms with Gasteiger partial charge in [0, 0.05) is 24.8 Å². The molecule has 0 N–H and O–H groups in total. The minimum atomic E-state index is -3.24. The zero-order chi connectivity index (χ0) is 17.5. The van der Waals surface area contributed by atoms with Gasteiger partial charge >= 0.3 is 0 Å². The number of aromatic nitrogens is 1. The van der Waals surface area contributed by atoms with Crippen LogP contribution in [0, 0.1) is 0 Å². The van der Waals surface area contributed by atoms with E-state index in [0.717, 1.165) is 10.9 Å². The zero-order valence-electron chi connectivity index (χ0n) is 14.4. The van der Waals surface area contributed by atoms with E-state index >= 15 is 0 Å². The third-order valence-corrected chi connectivity index (χ3v) is 7.75. The molecule has 2 heterocycles. The van der Waals surface area contributed by atoms with Gasteiger partial charge in [-0.15, -0.1) is 0 Å². The number of para-hydroxylation sites is 1. The second-order valence-corrected chi connectivity index (χ2v) is 10.4. The fourth-order valence-electron chi connectivity index (χ4n) is 3.23. The first-order valence-corrected chi connectivity index (χ1v) is 9.80. The first-order valence-electron chi connectivity index (χ1n) is 8.25. The number of amides is 1. The molecule has 24 heavy (non-hydrogen) atoms. The molecule has 1 aliphatic rings. The van der Waals surface area contributed by atoms with Crippen LogP contribution in [-0.2, 0) is 21.2 Å². The Labute approximate surface area is 143 Å². The average Bonchev–Trinajstić information content (AvgIpc) is 3.14.